The molecule has 3 rings (SSSR count). The maximum Gasteiger partial charge on any atom is 0.287 e. The van der Waals surface area contributed by atoms with Crippen LogP contribution in [0.1, 0.15) is 17.7 Å². The van der Waals surface area contributed by atoms with Crippen LogP contribution in [0.4, 0.5) is 17.2 Å². The number of nitriles is 1. The lowest BCUT2D eigenvalue weighted by atomic mass is 10.1. The lowest BCUT2D eigenvalue weighted by Crippen LogP contribution is -2.34. The summed E-state index contributed by atoms with van der Waals surface area (Å²) in [6.45, 7) is 2.41. The van der Waals surface area contributed by atoms with Gasteiger partial charge in [0, 0.05) is 31.4 Å². The number of nitro benzene ring substituents is 1. The number of nitro groups is 1. The average molecular weight is 340 g/mol. The van der Waals surface area contributed by atoms with Gasteiger partial charge in [-0.05, 0) is 25.5 Å². The van der Waals surface area contributed by atoms with E-state index in [4.69, 9.17) is 5.26 Å². The molecule has 2 aromatic rings. The van der Waals surface area contributed by atoms with Crippen LogP contribution in [0.25, 0.3) is 0 Å². The number of amides is 1. The van der Waals surface area contributed by atoms with Crippen LogP contribution in [0.3, 0.4) is 0 Å². The fourth-order valence-corrected chi connectivity index (χ4v) is 2.97. The summed E-state index contributed by atoms with van der Waals surface area (Å²) in [4.78, 5) is 24.6. The summed E-state index contributed by atoms with van der Waals surface area (Å²) in [5, 5.41) is 27.3. The average Bonchev–Trinajstić information content (AvgIpc) is 3.09. The van der Waals surface area contributed by atoms with E-state index in [1.807, 2.05) is 19.1 Å². The summed E-state index contributed by atoms with van der Waals surface area (Å²) in [6, 6.07) is 7.36. The quantitative estimate of drug-likeness (QED) is 0.669. The molecule has 128 valence electrons. The van der Waals surface area contributed by atoms with Gasteiger partial charge in [-0.25, -0.2) is 0 Å². The van der Waals surface area contributed by atoms with Gasteiger partial charge in [0.2, 0.25) is 0 Å². The van der Waals surface area contributed by atoms with E-state index in [-0.39, 0.29) is 17.2 Å². The van der Waals surface area contributed by atoms with Crippen LogP contribution in [0.5, 0.6) is 0 Å². The smallest absolute Gasteiger partial charge is 0.287 e. The second-order valence-corrected chi connectivity index (χ2v) is 5.84. The minimum Gasteiger partial charge on any atom is -0.374 e. The number of nitrogens with zero attached hydrogens (tertiary/aromatic N) is 5. The minimum atomic E-state index is -0.602. The summed E-state index contributed by atoms with van der Waals surface area (Å²) in [5.41, 5.74) is 1.04. The molecule has 1 aromatic heterocycles. The van der Waals surface area contributed by atoms with Crippen LogP contribution in [0, 0.1) is 28.4 Å². The highest BCUT2D eigenvalue weighted by molar-refractivity contribution is 6.00. The van der Waals surface area contributed by atoms with Crippen LogP contribution in [0.2, 0.25) is 0 Å². The first-order valence-corrected chi connectivity index (χ1v) is 7.68. The molecule has 0 radical (unpaired) electrons. The fourth-order valence-electron chi connectivity index (χ4n) is 2.97. The molecule has 0 saturated carbocycles. The first-order valence-electron chi connectivity index (χ1n) is 7.68. The van der Waals surface area contributed by atoms with Crippen molar-refractivity contribution in [1.29, 1.82) is 5.26 Å². The topological polar surface area (TPSA) is 117 Å². The van der Waals surface area contributed by atoms with Crippen molar-refractivity contribution in [2.45, 2.75) is 19.4 Å². The third kappa shape index (κ3) is 3.01. The fraction of sp³-hybridized carbons (Fsp3) is 0.312. The number of carbonyl (C=O) groups excluding carboxylic acids is 1. The highest BCUT2D eigenvalue weighted by Gasteiger charge is 2.34. The van der Waals surface area contributed by atoms with Crippen molar-refractivity contribution in [3.63, 3.8) is 0 Å². The Labute approximate surface area is 143 Å². The molecule has 25 heavy (non-hydrogen) atoms. The van der Waals surface area contributed by atoms with Crippen molar-refractivity contribution >= 4 is 23.1 Å². The molecule has 2 heterocycles. The molecule has 1 aliphatic rings. The number of nitrogens with one attached hydrogen (secondary N) is 1. The van der Waals surface area contributed by atoms with Crippen molar-refractivity contribution in [2.24, 2.45) is 7.05 Å². The molecule has 0 aliphatic carbocycles. The summed E-state index contributed by atoms with van der Waals surface area (Å²) in [5.74, 6) is 0.632. The highest BCUT2D eigenvalue weighted by atomic mass is 16.6. The molecule has 0 spiro atoms. The third-order valence-electron chi connectivity index (χ3n) is 4.11. The first kappa shape index (κ1) is 16.4. The molecule has 1 aromatic carbocycles. The van der Waals surface area contributed by atoms with Gasteiger partial charge in [0.15, 0.2) is 0 Å². The van der Waals surface area contributed by atoms with Crippen LogP contribution >= 0.6 is 0 Å². The summed E-state index contributed by atoms with van der Waals surface area (Å²) in [6.07, 6.45) is 0.585. The normalized spacial score (nSPS) is 16.8. The number of hydrogen-bond acceptors (Lipinski definition) is 6. The van der Waals surface area contributed by atoms with Gasteiger partial charge in [-0.3, -0.25) is 24.5 Å². The van der Waals surface area contributed by atoms with Gasteiger partial charge in [-0.2, -0.15) is 10.4 Å². The van der Waals surface area contributed by atoms with Gasteiger partial charge in [-0.15, -0.1) is 0 Å². The number of benzene rings is 1. The van der Waals surface area contributed by atoms with Crippen LogP contribution in [-0.4, -0.2) is 33.2 Å². The number of anilines is 2. The SMILES string of the molecule is Cc1cc(N2CC[C@@H](Nc3ccc([N+](=O)[O-])c(C#N)c3)C2=O)n(C)n1. The van der Waals surface area contributed by atoms with Crippen LogP contribution in [0.15, 0.2) is 24.3 Å². The summed E-state index contributed by atoms with van der Waals surface area (Å²) < 4.78 is 1.66. The Kier molecular flexibility index (Phi) is 4.10. The first-order chi connectivity index (χ1) is 11.9. The third-order valence-corrected chi connectivity index (χ3v) is 4.11. The van der Waals surface area contributed by atoms with E-state index in [1.54, 1.807) is 16.6 Å². The molecule has 0 bridgehead atoms. The van der Waals surface area contributed by atoms with E-state index in [2.05, 4.69) is 10.4 Å². The lowest BCUT2D eigenvalue weighted by Gasteiger charge is -2.17. The molecule has 1 N–H and O–H groups in total. The molecule has 1 aliphatic heterocycles. The van der Waals surface area contributed by atoms with E-state index in [1.165, 1.54) is 18.2 Å². The van der Waals surface area contributed by atoms with E-state index in [0.29, 0.717) is 18.7 Å². The predicted octanol–water partition coefficient (Wildman–Crippen LogP) is 1.73. The Bertz CT molecular complexity index is 898. The van der Waals surface area contributed by atoms with Gasteiger partial charge in [0.1, 0.15) is 23.5 Å². The maximum absolute atomic E-state index is 12.7. The Hall–Kier alpha value is -3.41. The van der Waals surface area contributed by atoms with Crippen molar-refractivity contribution in [2.75, 3.05) is 16.8 Å². The molecule has 1 amide bonds. The largest absolute Gasteiger partial charge is 0.374 e. The second kappa shape index (κ2) is 6.24. The Morgan fingerprint density at radius 1 is 1.44 bits per heavy atom. The summed E-state index contributed by atoms with van der Waals surface area (Å²) >= 11 is 0. The standard InChI is InChI=1S/C16H16N6O3/c1-10-7-15(20(2)19-10)21-6-5-13(16(21)23)18-12-3-4-14(22(24)25)11(8-12)9-17/h3-4,7-8,13,18H,5-6H2,1-2H3/t13-/m1/s1. The zero-order valence-corrected chi connectivity index (χ0v) is 13.8. The predicted molar refractivity (Wildman–Crippen MR) is 90.1 cm³/mol. The van der Waals surface area contributed by atoms with Gasteiger partial charge in [0.05, 0.1) is 10.6 Å². The Morgan fingerprint density at radius 2 is 2.20 bits per heavy atom. The molecular weight excluding hydrogens is 324 g/mol. The molecule has 1 atom stereocenters. The number of rotatable bonds is 4. The van der Waals surface area contributed by atoms with E-state index in [0.717, 1.165) is 11.5 Å². The van der Waals surface area contributed by atoms with Crippen molar-refractivity contribution in [3.05, 3.63) is 45.6 Å². The summed E-state index contributed by atoms with van der Waals surface area (Å²) in [7, 11) is 1.78. The number of aromatic nitrogens is 2. The lowest BCUT2D eigenvalue weighted by molar-refractivity contribution is -0.385. The molecule has 9 heteroatoms. The zero-order chi connectivity index (χ0) is 18.1. The van der Waals surface area contributed by atoms with Crippen LogP contribution < -0.4 is 10.2 Å². The zero-order valence-electron chi connectivity index (χ0n) is 13.8. The Morgan fingerprint density at radius 3 is 2.80 bits per heavy atom. The molecule has 1 saturated heterocycles. The molecular formula is C16H16N6O3. The van der Waals surface area contributed by atoms with E-state index < -0.39 is 11.0 Å². The number of aryl methyl sites for hydroxylation is 2. The number of hydrogen-bond donors (Lipinski definition) is 1. The van der Waals surface area contributed by atoms with E-state index in [9.17, 15) is 14.9 Å². The maximum atomic E-state index is 12.7. The van der Waals surface area contributed by atoms with Gasteiger partial charge in [0.25, 0.3) is 11.6 Å². The molecule has 0 unspecified atom stereocenters. The van der Waals surface area contributed by atoms with Gasteiger partial charge in [-0.1, -0.05) is 0 Å². The second-order valence-electron chi connectivity index (χ2n) is 5.84. The minimum absolute atomic E-state index is 0.0421. The monoisotopic (exact) mass is 340 g/mol. The molecule has 9 nitrogen and oxygen atoms in total. The van der Waals surface area contributed by atoms with Crippen molar-refractivity contribution < 1.29 is 9.72 Å². The highest BCUT2D eigenvalue weighted by Crippen LogP contribution is 2.26. The van der Waals surface area contributed by atoms with E-state index >= 15 is 0 Å². The van der Waals surface area contributed by atoms with Gasteiger partial charge >= 0.3 is 0 Å². The van der Waals surface area contributed by atoms with Gasteiger partial charge < -0.3 is 5.32 Å². The van der Waals surface area contributed by atoms with Crippen LogP contribution in [-0.2, 0) is 11.8 Å². The Balaban J connectivity index is 1.79. The molecule has 1 fully saturated rings. The number of carbonyl (C=O) groups is 1. The van der Waals surface area contributed by atoms with Crippen molar-refractivity contribution in [1.82, 2.24) is 9.78 Å². The van der Waals surface area contributed by atoms with Crippen molar-refractivity contribution in [3.8, 4) is 6.07 Å².